The van der Waals surface area contributed by atoms with Crippen LogP contribution in [0.15, 0.2) is 18.2 Å². The number of nitro groups is 1. The second-order valence-corrected chi connectivity index (χ2v) is 7.62. The normalized spacial score (nSPS) is 17.0. The number of hydrogen-bond donors (Lipinski definition) is 0. The van der Waals surface area contributed by atoms with E-state index in [0.717, 1.165) is 0 Å². The van der Waals surface area contributed by atoms with Crippen molar-refractivity contribution in [2.45, 2.75) is 0 Å². The maximum absolute atomic E-state index is 12.0. The molecule has 1 heterocycles. The van der Waals surface area contributed by atoms with Crippen LogP contribution in [-0.4, -0.2) is 62.2 Å². The lowest BCUT2D eigenvalue weighted by molar-refractivity contribution is -0.384. The molecule has 0 unspecified atom stereocenters. The summed E-state index contributed by atoms with van der Waals surface area (Å²) < 4.78 is 26.7. The lowest BCUT2D eigenvalue weighted by atomic mass is 10.2. The van der Waals surface area contributed by atoms with Gasteiger partial charge in [-0.15, -0.1) is 0 Å². The first kappa shape index (κ1) is 16.9. The van der Waals surface area contributed by atoms with Crippen molar-refractivity contribution in [2.24, 2.45) is 0 Å². The Labute approximate surface area is 134 Å². The highest BCUT2D eigenvalue weighted by atomic mass is 35.5. The highest BCUT2D eigenvalue weighted by Crippen LogP contribution is 2.30. The molecule has 1 aliphatic rings. The molecular weight excluding hydrogens is 332 g/mol. The molecule has 22 heavy (non-hydrogen) atoms. The van der Waals surface area contributed by atoms with Crippen molar-refractivity contribution < 1.29 is 13.3 Å². The van der Waals surface area contributed by atoms with Gasteiger partial charge in [0.25, 0.3) is 15.9 Å². The molecule has 8 nitrogen and oxygen atoms in total. The van der Waals surface area contributed by atoms with E-state index in [1.807, 2.05) is 4.90 Å². The van der Waals surface area contributed by atoms with E-state index in [-0.39, 0.29) is 10.7 Å². The van der Waals surface area contributed by atoms with Crippen LogP contribution >= 0.6 is 11.6 Å². The van der Waals surface area contributed by atoms with E-state index in [9.17, 15) is 18.5 Å². The van der Waals surface area contributed by atoms with Crippen LogP contribution in [0.2, 0.25) is 5.02 Å². The zero-order chi connectivity index (χ0) is 16.5. The zero-order valence-corrected chi connectivity index (χ0v) is 13.8. The van der Waals surface area contributed by atoms with Gasteiger partial charge >= 0.3 is 0 Å². The lowest BCUT2D eigenvalue weighted by Crippen LogP contribution is -2.51. The molecule has 1 aromatic carbocycles. The van der Waals surface area contributed by atoms with Gasteiger partial charge in [0.1, 0.15) is 0 Å². The number of benzene rings is 1. The van der Waals surface area contributed by atoms with Gasteiger partial charge in [0, 0.05) is 52.4 Å². The Hall–Kier alpha value is -1.42. The average Bonchev–Trinajstić information content (AvgIpc) is 2.47. The summed E-state index contributed by atoms with van der Waals surface area (Å²) in [5.74, 6) is 0. The third-order valence-corrected chi connectivity index (χ3v) is 5.75. The maximum atomic E-state index is 12.0. The van der Waals surface area contributed by atoms with E-state index in [0.29, 0.717) is 31.9 Å². The summed E-state index contributed by atoms with van der Waals surface area (Å²) in [4.78, 5) is 12.1. The third kappa shape index (κ3) is 3.32. The summed E-state index contributed by atoms with van der Waals surface area (Å²) in [5.41, 5.74) is 0.608. The summed E-state index contributed by atoms with van der Waals surface area (Å²) in [6.45, 7) is 1.64. The van der Waals surface area contributed by atoms with Crippen molar-refractivity contribution in [3.05, 3.63) is 33.3 Å². The first-order chi connectivity index (χ1) is 10.2. The summed E-state index contributed by atoms with van der Waals surface area (Å²) in [6.07, 6.45) is 0. The topological polar surface area (TPSA) is 87.0 Å². The first-order valence-corrected chi connectivity index (χ1v) is 8.37. The van der Waals surface area contributed by atoms with E-state index in [1.54, 1.807) is 6.07 Å². The van der Waals surface area contributed by atoms with Crippen molar-refractivity contribution in [3.8, 4) is 0 Å². The van der Waals surface area contributed by atoms with Crippen LogP contribution in [0.5, 0.6) is 0 Å². The van der Waals surface area contributed by atoms with Gasteiger partial charge in [0.2, 0.25) is 0 Å². The average molecular weight is 349 g/mol. The fraction of sp³-hybridized carbons (Fsp3) is 0.500. The minimum atomic E-state index is -3.42. The lowest BCUT2D eigenvalue weighted by Gasteiger charge is -2.36. The fourth-order valence-corrected chi connectivity index (χ4v) is 3.64. The number of nitro benzene ring substituents is 1. The molecule has 122 valence electrons. The van der Waals surface area contributed by atoms with E-state index in [1.165, 1.54) is 34.8 Å². The zero-order valence-electron chi connectivity index (χ0n) is 12.3. The number of piperazine rings is 1. The molecule has 0 aromatic heterocycles. The van der Waals surface area contributed by atoms with Crippen molar-refractivity contribution in [2.75, 3.05) is 45.2 Å². The molecule has 0 spiro atoms. The fourth-order valence-electron chi connectivity index (χ4n) is 2.26. The van der Waals surface area contributed by atoms with Crippen LogP contribution in [0.4, 0.5) is 11.4 Å². The SMILES string of the molecule is CN(C)S(=O)(=O)N1CCN(c2ccc([N+](=O)[O-])cc2Cl)CC1. The molecule has 0 atom stereocenters. The smallest absolute Gasteiger partial charge is 0.281 e. The molecule has 0 saturated carbocycles. The molecule has 0 aliphatic carbocycles. The molecule has 1 aliphatic heterocycles. The molecule has 0 amide bonds. The van der Waals surface area contributed by atoms with Gasteiger partial charge in [-0.2, -0.15) is 17.0 Å². The second kappa shape index (κ2) is 6.37. The Kier molecular flexibility index (Phi) is 4.90. The summed E-state index contributed by atoms with van der Waals surface area (Å²) >= 11 is 6.10. The predicted octanol–water partition coefficient (Wildman–Crippen LogP) is 1.18. The number of halogens is 1. The van der Waals surface area contributed by atoms with Crippen LogP contribution in [-0.2, 0) is 10.2 Å². The number of hydrogen-bond acceptors (Lipinski definition) is 5. The van der Waals surface area contributed by atoms with E-state index in [4.69, 9.17) is 11.6 Å². The number of non-ortho nitro benzene ring substituents is 1. The Balaban J connectivity index is 2.11. The van der Waals surface area contributed by atoms with Crippen LogP contribution in [0.3, 0.4) is 0 Å². The van der Waals surface area contributed by atoms with Crippen molar-refractivity contribution >= 4 is 33.2 Å². The van der Waals surface area contributed by atoms with Gasteiger partial charge in [-0.25, -0.2) is 0 Å². The third-order valence-electron chi connectivity index (χ3n) is 3.51. The number of nitrogens with zero attached hydrogens (tertiary/aromatic N) is 4. The Morgan fingerprint density at radius 1 is 1.23 bits per heavy atom. The van der Waals surface area contributed by atoms with E-state index in [2.05, 4.69) is 0 Å². The highest BCUT2D eigenvalue weighted by Gasteiger charge is 2.29. The van der Waals surface area contributed by atoms with Crippen LogP contribution < -0.4 is 4.90 Å². The Bertz CT molecular complexity index is 672. The molecule has 1 saturated heterocycles. The van der Waals surface area contributed by atoms with Gasteiger partial charge in [-0.3, -0.25) is 10.1 Å². The van der Waals surface area contributed by atoms with E-state index >= 15 is 0 Å². The molecule has 0 bridgehead atoms. The van der Waals surface area contributed by atoms with Crippen LogP contribution in [0.1, 0.15) is 0 Å². The highest BCUT2D eigenvalue weighted by molar-refractivity contribution is 7.86. The van der Waals surface area contributed by atoms with Gasteiger partial charge in [0.05, 0.1) is 15.6 Å². The number of rotatable bonds is 4. The quantitative estimate of drug-likeness (QED) is 0.602. The maximum Gasteiger partial charge on any atom is 0.281 e. The Morgan fingerprint density at radius 2 is 1.82 bits per heavy atom. The minimum Gasteiger partial charge on any atom is -0.368 e. The van der Waals surface area contributed by atoms with Gasteiger partial charge in [-0.05, 0) is 6.07 Å². The first-order valence-electron chi connectivity index (χ1n) is 6.60. The second-order valence-electron chi connectivity index (χ2n) is 5.07. The van der Waals surface area contributed by atoms with Crippen molar-refractivity contribution in [1.82, 2.24) is 8.61 Å². The van der Waals surface area contributed by atoms with Gasteiger partial charge < -0.3 is 4.90 Å². The molecule has 0 radical (unpaired) electrons. The van der Waals surface area contributed by atoms with Gasteiger partial charge in [-0.1, -0.05) is 11.6 Å². The summed E-state index contributed by atoms with van der Waals surface area (Å²) in [5, 5.41) is 11.0. The molecule has 10 heteroatoms. The van der Waals surface area contributed by atoms with Crippen molar-refractivity contribution in [1.29, 1.82) is 0 Å². The molecule has 2 rings (SSSR count). The van der Waals surface area contributed by atoms with Gasteiger partial charge in [0.15, 0.2) is 0 Å². The molecule has 1 fully saturated rings. The molecule has 1 aromatic rings. The predicted molar refractivity (Wildman–Crippen MR) is 84.5 cm³/mol. The van der Waals surface area contributed by atoms with Crippen LogP contribution in [0, 0.1) is 10.1 Å². The van der Waals surface area contributed by atoms with Crippen LogP contribution in [0.25, 0.3) is 0 Å². The largest absolute Gasteiger partial charge is 0.368 e. The summed E-state index contributed by atoms with van der Waals surface area (Å²) in [6, 6.07) is 4.29. The number of anilines is 1. The summed E-state index contributed by atoms with van der Waals surface area (Å²) in [7, 11) is -0.426. The van der Waals surface area contributed by atoms with Crippen molar-refractivity contribution in [3.63, 3.8) is 0 Å². The molecular formula is C12H17ClN4O4S. The standard InChI is InChI=1S/C12H17ClN4O4S/c1-14(2)22(20,21)16-7-5-15(6-8-16)12-4-3-10(17(18)19)9-11(12)13/h3-4,9H,5-8H2,1-2H3. The minimum absolute atomic E-state index is 0.0671. The Morgan fingerprint density at radius 3 is 2.27 bits per heavy atom. The van der Waals surface area contributed by atoms with E-state index < -0.39 is 15.1 Å². The molecule has 0 N–H and O–H groups in total. The monoisotopic (exact) mass is 348 g/mol.